The van der Waals surface area contributed by atoms with Gasteiger partial charge in [-0.2, -0.15) is 8.78 Å². The zero-order chi connectivity index (χ0) is 15.2. The largest absolute Gasteiger partial charge is 0.434 e. The predicted molar refractivity (Wildman–Crippen MR) is 75.0 cm³/mol. The highest BCUT2D eigenvalue weighted by Crippen LogP contribution is 2.26. The molecule has 0 spiro atoms. The molecule has 0 heterocycles. The molecule has 5 heteroatoms. The highest BCUT2D eigenvalue weighted by molar-refractivity contribution is 5.35. The van der Waals surface area contributed by atoms with Gasteiger partial charge in [0, 0.05) is 18.2 Å². The number of alkyl halides is 2. The third kappa shape index (κ3) is 5.43. The Balaban J connectivity index is 2.70. The SMILES string of the molecule is CCCC(C)(O)CNC(C)c1ccccc1OC(F)F. The van der Waals surface area contributed by atoms with Crippen LogP contribution in [-0.2, 0) is 0 Å². The highest BCUT2D eigenvalue weighted by Gasteiger charge is 2.21. The van der Waals surface area contributed by atoms with E-state index in [1.54, 1.807) is 25.1 Å². The molecular formula is C15H23F2NO2. The van der Waals surface area contributed by atoms with Gasteiger partial charge in [-0.15, -0.1) is 0 Å². The van der Waals surface area contributed by atoms with Gasteiger partial charge in [0.25, 0.3) is 0 Å². The van der Waals surface area contributed by atoms with E-state index in [9.17, 15) is 13.9 Å². The summed E-state index contributed by atoms with van der Waals surface area (Å²) < 4.78 is 29.2. The van der Waals surface area contributed by atoms with E-state index >= 15 is 0 Å². The van der Waals surface area contributed by atoms with E-state index in [0.717, 1.165) is 6.42 Å². The summed E-state index contributed by atoms with van der Waals surface area (Å²) in [6.45, 7) is 3.17. The molecule has 0 aliphatic carbocycles. The quantitative estimate of drug-likeness (QED) is 0.769. The van der Waals surface area contributed by atoms with E-state index in [-0.39, 0.29) is 11.8 Å². The number of hydrogen-bond donors (Lipinski definition) is 2. The minimum atomic E-state index is -2.84. The molecule has 2 N–H and O–H groups in total. The Kier molecular flexibility index (Phi) is 6.36. The van der Waals surface area contributed by atoms with Gasteiger partial charge in [-0.05, 0) is 26.3 Å². The lowest BCUT2D eigenvalue weighted by molar-refractivity contribution is -0.0507. The Morgan fingerprint density at radius 3 is 2.60 bits per heavy atom. The molecule has 3 nitrogen and oxygen atoms in total. The van der Waals surface area contributed by atoms with E-state index in [1.807, 2.05) is 13.8 Å². The lowest BCUT2D eigenvalue weighted by Gasteiger charge is -2.26. The maximum Gasteiger partial charge on any atom is 0.387 e. The molecule has 1 rings (SSSR count). The zero-order valence-corrected chi connectivity index (χ0v) is 12.2. The van der Waals surface area contributed by atoms with Gasteiger partial charge in [0.1, 0.15) is 5.75 Å². The number of nitrogens with one attached hydrogen (secondary N) is 1. The minimum absolute atomic E-state index is 0.164. The molecule has 0 aromatic heterocycles. The zero-order valence-electron chi connectivity index (χ0n) is 12.2. The fraction of sp³-hybridized carbons (Fsp3) is 0.600. The molecule has 20 heavy (non-hydrogen) atoms. The second-order valence-electron chi connectivity index (χ2n) is 5.27. The molecule has 114 valence electrons. The summed E-state index contributed by atoms with van der Waals surface area (Å²) in [4.78, 5) is 0. The molecule has 2 atom stereocenters. The fourth-order valence-electron chi connectivity index (χ4n) is 2.15. The van der Waals surface area contributed by atoms with Gasteiger partial charge >= 0.3 is 6.61 Å². The van der Waals surface area contributed by atoms with Crippen LogP contribution in [0.25, 0.3) is 0 Å². The van der Waals surface area contributed by atoms with Crippen molar-refractivity contribution in [1.82, 2.24) is 5.32 Å². The molecule has 2 unspecified atom stereocenters. The van der Waals surface area contributed by atoms with Crippen LogP contribution in [0.2, 0.25) is 0 Å². The van der Waals surface area contributed by atoms with Crippen LogP contribution in [-0.4, -0.2) is 23.9 Å². The van der Waals surface area contributed by atoms with Crippen molar-refractivity contribution in [3.63, 3.8) is 0 Å². The number of aliphatic hydroxyl groups is 1. The van der Waals surface area contributed by atoms with Gasteiger partial charge in [0.05, 0.1) is 5.60 Å². The predicted octanol–water partition coefficient (Wildman–Crippen LogP) is 3.49. The van der Waals surface area contributed by atoms with Crippen molar-refractivity contribution >= 4 is 0 Å². The van der Waals surface area contributed by atoms with Gasteiger partial charge in [-0.3, -0.25) is 0 Å². The van der Waals surface area contributed by atoms with Crippen LogP contribution < -0.4 is 10.1 Å². The van der Waals surface area contributed by atoms with Crippen molar-refractivity contribution in [1.29, 1.82) is 0 Å². The molecule has 0 aliphatic rings. The average molecular weight is 287 g/mol. The van der Waals surface area contributed by atoms with Crippen molar-refractivity contribution in [3.8, 4) is 5.75 Å². The van der Waals surface area contributed by atoms with Crippen LogP contribution in [0.1, 0.15) is 45.2 Å². The topological polar surface area (TPSA) is 41.5 Å². The third-order valence-electron chi connectivity index (χ3n) is 3.18. The molecule has 0 aliphatic heterocycles. The first-order chi connectivity index (χ1) is 9.35. The van der Waals surface area contributed by atoms with E-state index in [2.05, 4.69) is 10.1 Å². The molecule has 0 bridgehead atoms. The summed E-state index contributed by atoms with van der Waals surface area (Å²) >= 11 is 0. The molecule has 0 saturated carbocycles. The Bertz CT molecular complexity index is 411. The summed E-state index contributed by atoms with van der Waals surface area (Å²) in [6, 6.07) is 6.50. The fourth-order valence-corrected chi connectivity index (χ4v) is 2.15. The first-order valence-corrected chi connectivity index (χ1v) is 6.85. The molecular weight excluding hydrogens is 264 g/mol. The number of rotatable bonds is 8. The molecule has 0 saturated heterocycles. The maximum atomic E-state index is 12.4. The summed E-state index contributed by atoms with van der Waals surface area (Å²) in [6.07, 6.45) is 1.57. The summed E-state index contributed by atoms with van der Waals surface area (Å²) in [5.41, 5.74) is -0.151. The molecule has 0 radical (unpaired) electrons. The van der Waals surface area contributed by atoms with Crippen molar-refractivity contribution in [2.75, 3.05) is 6.54 Å². The van der Waals surface area contributed by atoms with Crippen LogP contribution in [0.5, 0.6) is 5.75 Å². The Morgan fingerprint density at radius 1 is 1.35 bits per heavy atom. The lowest BCUT2D eigenvalue weighted by Crippen LogP contribution is -2.38. The average Bonchev–Trinajstić information content (AvgIpc) is 2.36. The first kappa shape index (κ1) is 16.9. The second-order valence-corrected chi connectivity index (χ2v) is 5.27. The van der Waals surface area contributed by atoms with Crippen molar-refractivity contribution in [2.24, 2.45) is 0 Å². The van der Waals surface area contributed by atoms with Crippen molar-refractivity contribution in [3.05, 3.63) is 29.8 Å². The van der Waals surface area contributed by atoms with Gasteiger partial charge in [0.15, 0.2) is 0 Å². The Hall–Kier alpha value is -1.20. The van der Waals surface area contributed by atoms with Crippen LogP contribution in [0.15, 0.2) is 24.3 Å². The smallest absolute Gasteiger partial charge is 0.387 e. The number of hydrogen-bond acceptors (Lipinski definition) is 3. The van der Waals surface area contributed by atoms with Crippen molar-refractivity contribution in [2.45, 2.75) is 51.9 Å². The van der Waals surface area contributed by atoms with Gasteiger partial charge in [0.2, 0.25) is 0 Å². The first-order valence-electron chi connectivity index (χ1n) is 6.85. The van der Waals surface area contributed by atoms with Gasteiger partial charge in [-0.25, -0.2) is 0 Å². The van der Waals surface area contributed by atoms with Crippen LogP contribution in [0.3, 0.4) is 0 Å². The lowest BCUT2D eigenvalue weighted by atomic mass is 9.99. The van der Waals surface area contributed by atoms with Crippen LogP contribution in [0.4, 0.5) is 8.78 Å². The minimum Gasteiger partial charge on any atom is -0.434 e. The number of para-hydroxylation sites is 1. The van der Waals surface area contributed by atoms with Gasteiger partial charge < -0.3 is 15.2 Å². The van der Waals surface area contributed by atoms with Crippen LogP contribution >= 0.6 is 0 Å². The van der Waals surface area contributed by atoms with E-state index < -0.39 is 12.2 Å². The molecule has 0 amide bonds. The molecule has 0 fully saturated rings. The highest BCUT2D eigenvalue weighted by atomic mass is 19.3. The monoisotopic (exact) mass is 287 g/mol. The number of halogens is 2. The third-order valence-corrected chi connectivity index (χ3v) is 3.18. The van der Waals surface area contributed by atoms with Gasteiger partial charge in [-0.1, -0.05) is 31.5 Å². The van der Waals surface area contributed by atoms with E-state index in [1.165, 1.54) is 6.07 Å². The summed E-state index contributed by atoms with van der Waals surface area (Å²) in [7, 11) is 0. The Morgan fingerprint density at radius 2 is 2.00 bits per heavy atom. The van der Waals surface area contributed by atoms with Crippen molar-refractivity contribution < 1.29 is 18.6 Å². The van der Waals surface area contributed by atoms with E-state index in [0.29, 0.717) is 18.5 Å². The van der Waals surface area contributed by atoms with Crippen LogP contribution in [0, 0.1) is 0 Å². The summed E-state index contributed by atoms with van der Waals surface area (Å²) in [5.74, 6) is 0.164. The normalized spacial score (nSPS) is 15.9. The summed E-state index contributed by atoms with van der Waals surface area (Å²) in [5, 5.41) is 13.3. The maximum absolute atomic E-state index is 12.4. The second kappa shape index (κ2) is 7.55. The number of benzene rings is 1. The Labute approximate surface area is 119 Å². The van der Waals surface area contributed by atoms with E-state index in [4.69, 9.17) is 0 Å². The molecule has 1 aromatic rings. The standard InChI is InChI=1S/C15H23F2NO2/c1-4-9-15(3,19)10-18-11(2)12-7-5-6-8-13(12)20-14(16)17/h5-8,11,14,18-19H,4,9-10H2,1-3H3. The molecule has 1 aromatic carbocycles. The number of ether oxygens (including phenoxy) is 1.